The molecule has 138 valence electrons. The molecule has 0 bridgehead atoms. The Morgan fingerprint density at radius 3 is 2.40 bits per heavy atom. The van der Waals surface area contributed by atoms with Gasteiger partial charge in [-0.3, -0.25) is 14.4 Å². The van der Waals surface area contributed by atoms with Crippen LogP contribution in [0.2, 0.25) is 0 Å². The van der Waals surface area contributed by atoms with Crippen LogP contribution in [0.15, 0.2) is 36.6 Å². The molecule has 0 saturated carbocycles. The maximum atomic E-state index is 12.6. The number of sulfonamides is 1. The second-order valence-electron chi connectivity index (χ2n) is 5.80. The van der Waals surface area contributed by atoms with Gasteiger partial charge in [-0.2, -0.15) is 0 Å². The fourth-order valence-corrected chi connectivity index (χ4v) is 3.79. The van der Waals surface area contributed by atoms with Crippen LogP contribution in [0.3, 0.4) is 0 Å². The van der Waals surface area contributed by atoms with E-state index in [4.69, 9.17) is 0 Å². The lowest BCUT2D eigenvalue weighted by Gasteiger charge is -2.23. The minimum atomic E-state index is -4.17. The molecule has 2 amide bonds. The Labute approximate surface area is 147 Å². The first-order chi connectivity index (χ1) is 11.6. The summed E-state index contributed by atoms with van der Waals surface area (Å²) in [4.78, 5) is 35.8. The lowest BCUT2D eigenvalue weighted by molar-refractivity contribution is -0.119. The van der Waals surface area contributed by atoms with Crippen molar-refractivity contribution in [3.05, 3.63) is 36.6 Å². The van der Waals surface area contributed by atoms with E-state index in [1.165, 1.54) is 6.08 Å². The van der Waals surface area contributed by atoms with Crippen LogP contribution < -0.4 is 15.4 Å². The van der Waals surface area contributed by atoms with Crippen LogP contribution in [0, 0.1) is 5.92 Å². The molecule has 0 aliphatic carbocycles. The quantitative estimate of drug-likeness (QED) is 0.412. The highest BCUT2D eigenvalue weighted by Crippen LogP contribution is 2.17. The molecule has 0 aromatic carbocycles. The number of ketones is 1. The molecule has 1 saturated heterocycles. The lowest BCUT2D eigenvalue weighted by Crippen LogP contribution is -2.51. The van der Waals surface area contributed by atoms with Gasteiger partial charge in [-0.25, -0.2) is 13.1 Å². The zero-order chi connectivity index (χ0) is 19.2. The van der Waals surface area contributed by atoms with Gasteiger partial charge in [0.2, 0.25) is 0 Å². The number of hydrogen-bond donors (Lipinski definition) is 3. The van der Waals surface area contributed by atoms with Crippen molar-refractivity contribution in [2.75, 3.05) is 6.54 Å². The highest BCUT2D eigenvalue weighted by Gasteiger charge is 2.33. The van der Waals surface area contributed by atoms with Gasteiger partial charge >= 0.3 is 0 Å². The highest BCUT2D eigenvalue weighted by molar-refractivity contribution is 7.90. The van der Waals surface area contributed by atoms with Crippen LogP contribution in [-0.2, 0) is 24.4 Å². The van der Waals surface area contributed by atoms with Crippen molar-refractivity contribution in [3.63, 3.8) is 0 Å². The van der Waals surface area contributed by atoms with E-state index < -0.39 is 33.1 Å². The van der Waals surface area contributed by atoms with E-state index in [2.05, 4.69) is 23.8 Å². The second kappa shape index (κ2) is 8.61. The van der Waals surface area contributed by atoms with Gasteiger partial charge in [0.1, 0.15) is 0 Å². The Bertz CT molecular complexity index is 722. The number of carbonyl (C=O) groups is 3. The van der Waals surface area contributed by atoms with E-state index in [1.54, 1.807) is 13.8 Å². The van der Waals surface area contributed by atoms with Crippen molar-refractivity contribution < 1.29 is 22.8 Å². The van der Waals surface area contributed by atoms with Crippen LogP contribution in [0.4, 0.5) is 0 Å². The molecule has 1 aliphatic rings. The Balaban J connectivity index is 3.13. The smallest absolute Gasteiger partial charge is 0.256 e. The molecule has 8 nitrogen and oxygen atoms in total. The average molecular weight is 369 g/mol. The zero-order valence-corrected chi connectivity index (χ0v) is 15.1. The topological polar surface area (TPSA) is 121 Å². The normalized spacial score (nSPS) is 17.5. The van der Waals surface area contributed by atoms with Crippen LogP contribution in [0.25, 0.3) is 0 Å². The van der Waals surface area contributed by atoms with Crippen molar-refractivity contribution in [3.8, 4) is 0 Å². The average Bonchev–Trinajstić information content (AvgIpc) is 2.94. The molecule has 0 aromatic rings. The van der Waals surface area contributed by atoms with Crippen LogP contribution in [0.1, 0.15) is 26.7 Å². The second-order valence-corrected chi connectivity index (χ2v) is 7.60. The maximum absolute atomic E-state index is 12.6. The number of allylic oxidation sites excluding steroid dienone is 2. The summed E-state index contributed by atoms with van der Waals surface area (Å²) in [5, 5.41) is 3.88. The third-order valence-corrected chi connectivity index (χ3v) is 5.31. The van der Waals surface area contributed by atoms with Gasteiger partial charge < -0.3 is 10.6 Å². The third-order valence-electron chi connectivity index (χ3n) is 3.50. The van der Waals surface area contributed by atoms with Crippen molar-refractivity contribution in [2.24, 2.45) is 5.92 Å². The molecule has 3 N–H and O–H groups in total. The van der Waals surface area contributed by atoms with E-state index in [0.29, 0.717) is 6.54 Å². The van der Waals surface area contributed by atoms with Gasteiger partial charge in [-0.15, -0.1) is 6.58 Å². The molecule has 1 unspecified atom stereocenters. The van der Waals surface area contributed by atoms with Gasteiger partial charge in [0.05, 0.1) is 5.70 Å². The van der Waals surface area contributed by atoms with Gasteiger partial charge in [-0.1, -0.05) is 26.5 Å². The van der Waals surface area contributed by atoms with Crippen molar-refractivity contribution in [1.82, 2.24) is 15.4 Å². The summed E-state index contributed by atoms with van der Waals surface area (Å²) < 4.78 is 26.5. The van der Waals surface area contributed by atoms with Gasteiger partial charge in [0.15, 0.2) is 11.2 Å². The fourth-order valence-electron chi connectivity index (χ4n) is 2.32. The van der Waals surface area contributed by atoms with E-state index in [-0.39, 0.29) is 29.9 Å². The number of carbonyl (C=O) groups excluding carboxylic acids is 3. The molecule has 1 aliphatic heterocycles. The summed E-state index contributed by atoms with van der Waals surface area (Å²) in [5.41, 5.74) is 0.292. The maximum Gasteiger partial charge on any atom is 0.256 e. The van der Waals surface area contributed by atoms with E-state index in [0.717, 1.165) is 6.08 Å². The minimum absolute atomic E-state index is 0.101. The number of rotatable bonds is 8. The minimum Gasteiger partial charge on any atom is -0.381 e. The Hall–Kier alpha value is -2.42. The van der Waals surface area contributed by atoms with Crippen LogP contribution in [0.5, 0.6) is 0 Å². The predicted molar refractivity (Wildman–Crippen MR) is 93.5 cm³/mol. The Morgan fingerprint density at radius 1 is 1.32 bits per heavy atom. The van der Waals surface area contributed by atoms with E-state index in [9.17, 15) is 22.8 Å². The van der Waals surface area contributed by atoms with Crippen molar-refractivity contribution in [2.45, 2.75) is 32.1 Å². The zero-order valence-electron chi connectivity index (χ0n) is 14.3. The number of hydrogen-bond acceptors (Lipinski definition) is 6. The summed E-state index contributed by atoms with van der Waals surface area (Å²) in [7, 11) is -4.17. The van der Waals surface area contributed by atoms with Crippen LogP contribution >= 0.6 is 0 Å². The Morgan fingerprint density at radius 2 is 1.96 bits per heavy atom. The first-order valence-electron chi connectivity index (χ1n) is 7.74. The molecule has 0 radical (unpaired) electrons. The third kappa shape index (κ3) is 5.28. The molecular formula is C16H23N3O5S. The molecule has 1 fully saturated rings. The number of amides is 2. The Kier molecular flexibility index (Phi) is 7.10. The number of Topliss-reactive ketones (excluding diaryl/α,β-unsaturated/α-hetero) is 1. The first kappa shape index (κ1) is 20.6. The fraction of sp³-hybridized carbons (Fsp3) is 0.438. The molecule has 0 spiro atoms. The molecule has 1 heterocycles. The van der Waals surface area contributed by atoms with Gasteiger partial charge in [-0.05, 0) is 18.4 Å². The van der Waals surface area contributed by atoms with E-state index in [1.807, 2.05) is 4.72 Å². The van der Waals surface area contributed by atoms with Crippen molar-refractivity contribution >= 4 is 27.6 Å². The lowest BCUT2D eigenvalue weighted by atomic mass is 10.1. The monoisotopic (exact) mass is 369 g/mol. The summed E-state index contributed by atoms with van der Waals surface area (Å²) in [6, 6.07) is 0. The highest BCUT2D eigenvalue weighted by atomic mass is 32.2. The van der Waals surface area contributed by atoms with Gasteiger partial charge in [0.25, 0.3) is 21.8 Å². The van der Waals surface area contributed by atoms with E-state index >= 15 is 0 Å². The van der Waals surface area contributed by atoms with Crippen LogP contribution in [-0.4, -0.2) is 37.9 Å². The molecule has 1 rings (SSSR count). The summed E-state index contributed by atoms with van der Waals surface area (Å²) in [6.45, 7) is 10.3. The summed E-state index contributed by atoms with van der Waals surface area (Å²) in [6.07, 6.45) is 2.64. The summed E-state index contributed by atoms with van der Waals surface area (Å²) >= 11 is 0. The molecule has 25 heavy (non-hydrogen) atoms. The molecule has 1 atom stereocenters. The summed E-state index contributed by atoms with van der Waals surface area (Å²) in [5.74, 6) is -2.33. The van der Waals surface area contributed by atoms with Crippen molar-refractivity contribution in [1.29, 1.82) is 0 Å². The molecule has 9 heteroatoms. The van der Waals surface area contributed by atoms with Gasteiger partial charge in [0, 0.05) is 18.5 Å². The first-order valence-corrected chi connectivity index (χ1v) is 9.28. The SMILES string of the molecule is C=CCC(C(=O)NC(C(C)C)S(=O)(=O)NC(=O)C=C)=C1NCCC1=O. The standard InChI is InChI=1S/C16H23N3O5S/c1-5-7-11(14-12(20)8-9-17-14)15(22)18-16(10(3)4)25(23,24)19-13(21)6-2/h5-6,10,16-17H,1-2,7-9H2,3-4H3,(H,18,22)(H,19,21). The largest absolute Gasteiger partial charge is 0.381 e. The molecular weight excluding hydrogens is 346 g/mol. The predicted octanol–water partition coefficient (Wildman–Crippen LogP) is 0.109. The number of nitrogens with one attached hydrogen (secondary N) is 3. The molecule has 0 aromatic heterocycles.